The van der Waals surface area contributed by atoms with E-state index in [0.29, 0.717) is 17.2 Å². The molecule has 0 fully saturated rings. The fourth-order valence-electron chi connectivity index (χ4n) is 2.89. The third-order valence-electron chi connectivity index (χ3n) is 4.18. The van der Waals surface area contributed by atoms with E-state index in [4.69, 9.17) is 15.9 Å². The number of nitrogen functional groups attached to an aromatic ring is 1. The van der Waals surface area contributed by atoms with E-state index in [-0.39, 0.29) is 0 Å². The number of nitrogens with zero attached hydrogens (tertiary/aromatic N) is 2. The number of anilines is 2. The van der Waals surface area contributed by atoms with Crippen molar-refractivity contribution in [2.75, 3.05) is 11.1 Å². The lowest BCUT2D eigenvalue weighted by Gasteiger charge is -2.09. The first kappa shape index (κ1) is 17.3. The van der Waals surface area contributed by atoms with Gasteiger partial charge in [-0.1, -0.05) is 30.3 Å². The molecule has 2 aromatic heterocycles. The number of aromatic amines is 1. The summed E-state index contributed by atoms with van der Waals surface area (Å²) in [5.74, 6) is 2.52. The van der Waals surface area contributed by atoms with E-state index in [1.54, 1.807) is 18.5 Å². The molecule has 0 aliphatic carbocycles. The molecule has 0 aliphatic heterocycles. The number of rotatable bonds is 6. The maximum Gasteiger partial charge on any atom is 0.156 e. The summed E-state index contributed by atoms with van der Waals surface area (Å²) in [7, 11) is 0. The van der Waals surface area contributed by atoms with Gasteiger partial charge < -0.3 is 21.2 Å². The van der Waals surface area contributed by atoms with Crippen LogP contribution in [0.15, 0.2) is 73.1 Å². The van der Waals surface area contributed by atoms with E-state index in [9.17, 15) is 0 Å². The van der Waals surface area contributed by atoms with Crippen molar-refractivity contribution < 1.29 is 4.74 Å². The molecule has 0 atom stereocenters. The quantitative estimate of drug-likeness (QED) is 0.371. The van der Waals surface area contributed by atoms with Gasteiger partial charge in [-0.25, -0.2) is 4.98 Å². The SMILES string of the molecule is N=C/C=C\Nc1ncc(-c2ccc(Oc3ccccc3)cc2)c2c(N)n[nH]c12. The number of pyridine rings is 1. The minimum absolute atomic E-state index is 0.399. The average Bonchev–Trinajstić information content (AvgIpc) is 3.12. The summed E-state index contributed by atoms with van der Waals surface area (Å²) in [5.41, 5.74) is 8.62. The van der Waals surface area contributed by atoms with Crippen LogP contribution in [0.1, 0.15) is 0 Å². The third kappa shape index (κ3) is 3.41. The maximum absolute atomic E-state index is 7.05. The van der Waals surface area contributed by atoms with Gasteiger partial charge in [0.05, 0.1) is 5.39 Å². The van der Waals surface area contributed by atoms with Gasteiger partial charge in [0.2, 0.25) is 0 Å². The van der Waals surface area contributed by atoms with Crippen LogP contribution in [0.5, 0.6) is 11.5 Å². The van der Waals surface area contributed by atoms with Gasteiger partial charge in [-0.05, 0) is 35.9 Å². The van der Waals surface area contributed by atoms with E-state index >= 15 is 0 Å². The normalized spacial score (nSPS) is 11.0. The van der Waals surface area contributed by atoms with Crippen molar-refractivity contribution in [2.45, 2.75) is 0 Å². The Morgan fingerprint density at radius 2 is 1.79 bits per heavy atom. The molecule has 0 unspecified atom stereocenters. The molecule has 5 N–H and O–H groups in total. The molecule has 4 aromatic rings. The van der Waals surface area contributed by atoms with E-state index < -0.39 is 0 Å². The number of nitrogens with two attached hydrogens (primary N) is 1. The first-order valence-corrected chi connectivity index (χ1v) is 8.64. The molecule has 0 aliphatic rings. The molecule has 0 amide bonds. The minimum Gasteiger partial charge on any atom is -0.457 e. The summed E-state index contributed by atoms with van der Waals surface area (Å²) < 4.78 is 5.84. The molecule has 2 heterocycles. The summed E-state index contributed by atoms with van der Waals surface area (Å²) in [5, 5.41) is 17.9. The molecule has 0 bridgehead atoms. The fraction of sp³-hybridized carbons (Fsp3) is 0. The molecule has 138 valence electrons. The van der Waals surface area contributed by atoms with Gasteiger partial charge >= 0.3 is 0 Å². The van der Waals surface area contributed by atoms with Crippen LogP contribution in [0, 0.1) is 5.41 Å². The molecule has 4 rings (SSSR count). The van der Waals surface area contributed by atoms with Gasteiger partial charge in [0.25, 0.3) is 0 Å². The first-order chi connectivity index (χ1) is 13.8. The van der Waals surface area contributed by atoms with Crippen LogP contribution in [0.2, 0.25) is 0 Å². The zero-order valence-corrected chi connectivity index (χ0v) is 14.9. The lowest BCUT2D eigenvalue weighted by molar-refractivity contribution is 0.483. The number of hydrogen-bond donors (Lipinski definition) is 4. The number of H-pyrrole nitrogens is 1. The Morgan fingerprint density at radius 3 is 2.54 bits per heavy atom. The second kappa shape index (κ2) is 7.63. The highest BCUT2D eigenvalue weighted by Gasteiger charge is 2.14. The van der Waals surface area contributed by atoms with Crippen LogP contribution in [-0.4, -0.2) is 21.4 Å². The lowest BCUT2D eigenvalue weighted by atomic mass is 10.0. The topological polar surface area (TPSA) is 113 Å². The Labute approximate surface area is 161 Å². The van der Waals surface area contributed by atoms with E-state index in [0.717, 1.165) is 28.0 Å². The van der Waals surface area contributed by atoms with Crippen LogP contribution < -0.4 is 15.8 Å². The molecular formula is C21H18N6O. The highest BCUT2D eigenvalue weighted by atomic mass is 16.5. The molecule has 0 saturated heterocycles. The Bertz CT molecular complexity index is 1130. The van der Waals surface area contributed by atoms with E-state index in [1.165, 1.54) is 6.21 Å². The van der Waals surface area contributed by atoms with Crippen molar-refractivity contribution in [1.82, 2.24) is 15.2 Å². The molecule has 2 aromatic carbocycles. The molecule has 0 saturated carbocycles. The van der Waals surface area contributed by atoms with Crippen LogP contribution in [0.4, 0.5) is 11.6 Å². The Hall–Kier alpha value is -4.13. The predicted octanol–water partition coefficient (Wildman–Crippen LogP) is 4.57. The van der Waals surface area contributed by atoms with Crippen molar-refractivity contribution in [2.24, 2.45) is 0 Å². The summed E-state index contributed by atoms with van der Waals surface area (Å²) in [4.78, 5) is 4.46. The Balaban J connectivity index is 1.67. The number of benzene rings is 2. The summed E-state index contributed by atoms with van der Waals surface area (Å²) in [6, 6.07) is 17.4. The largest absolute Gasteiger partial charge is 0.457 e. The van der Waals surface area contributed by atoms with Crippen molar-refractivity contribution in [3.8, 4) is 22.6 Å². The van der Waals surface area contributed by atoms with Crippen molar-refractivity contribution in [3.05, 3.63) is 73.1 Å². The highest BCUT2D eigenvalue weighted by molar-refractivity contribution is 6.05. The van der Waals surface area contributed by atoms with E-state index in [2.05, 4.69) is 20.5 Å². The Morgan fingerprint density at radius 1 is 1.04 bits per heavy atom. The van der Waals surface area contributed by atoms with Gasteiger partial charge in [0.15, 0.2) is 11.6 Å². The minimum atomic E-state index is 0.399. The van der Waals surface area contributed by atoms with Crippen LogP contribution >= 0.6 is 0 Å². The zero-order chi connectivity index (χ0) is 19.3. The fourth-order valence-corrected chi connectivity index (χ4v) is 2.89. The molecule has 0 spiro atoms. The number of nitrogens with one attached hydrogen (secondary N) is 3. The van der Waals surface area contributed by atoms with Crippen molar-refractivity contribution >= 4 is 28.8 Å². The second-order valence-corrected chi connectivity index (χ2v) is 5.99. The van der Waals surface area contributed by atoms with Crippen molar-refractivity contribution in [3.63, 3.8) is 0 Å². The summed E-state index contributed by atoms with van der Waals surface area (Å²) in [6.07, 6.45) is 6.12. The summed E-state index contributed by atoms with van der Waals surface area (Å²) >= 11 is 0. The van der Waals surface area contributed by atoms with E-state index in [1.807, 2.05) is 54.6 Å². The number of ether oxygens (including phenoxy) is 1. The van der Waals surface area contributed by atoms with Gasteiger partial charge in [0.1, 0.15) is 17.0 Å². The monoisotopic (exact) mass is 370 g/mol. The zero-order valence-electron chi connectivity index (χ0n) is 14.9. The smallest absolute Gasteiger partial charge is 0.156 e. The number of allylic oxidation sites excluding steroid dienone is 1. The number of fused-ring (bicyclic) bond motifs is 1. The average molecular weight is 370 g/mol. The Kier molecular flexibility index (Phi) is 4.71. The van der Waals surface area contributed by atoms with Gasteiger partial charge in [-0.15, -0.1) is 0 Å². The molecule has 28 heavy (non-hydrogen) atoms. The summed E-state index contributed by atoms with van der Waals surface area (Å²) in [6.45, 7) is 0. The van der Waals surface area contributed by atoms with Crippen LogP contribution in [-0.2, 0) is 0 Å². The molecule has 0 radical (unpaired) electrons. The third-order valence-corrected chi connectivity index (χ3v) is 4.18. The number of hydrogen-bond acceptors (Lipinski definition) is 6. The molecular weight excluding hydrogens is 352 g/mol. The molecule has 7 nitrogen and oxygen atoms in total. The highest BCUT2D eigenvalue weighted by Crippen LogP contribution is 2.35. The van der Waals surface area contributed by atoms with Gasteiger partial charge in [-0.3, -0.25) is 5.10 Å². The number of para-hydroxylation sites is 1. The second-order valence-electron chi connectivity index (χ2n) is 5.99. The van der Waals surface area contributed by atoms with Gasteiger partial charge in [-0.2, -0.15) is 5.10 Å². The maximum atomic E-state index is 7.05. The van der Waals surface area contributed by atoms with Crippen LogP contribution in [0.3, 0.4) is 0 Å². The first-order valence-electron chi connectivity index (χ1n) is 8.64. The van der Waals surface area contributed by atoms with Gasteiger partial charge in [0, 0.05) is 24.2 Å². The van der Waals surface area contributed by atoms with Crippen LogP contribution in [0.25, 0.3) is 22.0 Å². The molecule has 7 heteroatoms. The predicted molar refractivity (Wildman–Crippen MR) is 112 cm³/mol. The van der Waals surface area contributed by atoms with Crippen molar-refractivity contribution in [1.29, 1.82) is 5.41 Å². The number of aromatic nitrogens is 3. The lowest BCUT2D eigenvalue weighted by Crippen LogP contribution is -1.95. The standard InChI is InChI=1S/C21H18N6O/c22-11-4-12-24-21-19-18(20(23)27-26-19)17(13-25-21)14-7-9-16(10-8-14)28-15-5-2-1-3-6-15/h1-13,22H,(H,24,25)(H3,23,26,27)/b12-4-,22-11?.